The standard InChI is InChI=1S/C12H17N3O3/c1-7-8-5-15(11(17)18-12(2,3)4)6-9(8)14-10(16)13-7/h5-6H2,1-4H3,(H,13,14,16). The minimum absolute atomic E-state index is 0.328. The molecule has 0 aromatic carbocycles. The quantitative estimate of drug-likeness (QED) is 0.754. The van der Waals surface area contributed by atoms with Crippen molar-refractivity contribution in [1.29, 1.82) is 0 Å². The highest BCUT2D eigenvalue weighted by Crippen LogP contribution is 2.23. The van der Waals surface area contributed by atoms with Gasteiger partial charge in [-0.2, -0.15) is 4.98 Å². The summed E-state index contributed by atoms with van der Waals surface area (Å²) in [4.78, 5) is 31.2. The van der Waals surface area contributed by atoms with E-state index in [1.807, 2.05) is 20.8 Å². The zero-order valence-electron chi connectivity index (χ0n) is 11.0. The van der Waals surface area contributed by atoms with E-state index in [0.717, 1.165) is 11.3 Å². The van der Waals surface area contributed by atoms with Crippen LogP contribution in [0.3, 0.4) is 0 Å². The third-order valence-corrected chi connectivity index (χ3v) is 2.67. The van der Waals surface area contributed by atoms with Crippen LogP contribution in [0, 0.1) is 6.92 Å². The van der Waals surface area contributed by atoms with E-state index in [9.17, 15) is 9.59 Å². The summed E-state index contributed by atoms with van der Waals surface area (Å²) in [5.74, 6) is 0. The summed E-state index contributed by atoms with van der Waals surface area (Å²) in [6, 6.07) is 0. The molecule has 0 saturated carbocycles. The lowest BCUT2D eigenvalue weighted by Crippen LogP contribution is -2.33. The van der Waals surface area contributed by atoms with Crippen LogP contribution in [-0.4, -0.2) is 26.6 Å². The summed E-state index contributed by atoms with van der Waals surface area (Å²) >= 11 is 0. The van der Waals surface area contributed by atoms with Crippen LogP contribution in [-0.2, 0) is 17.8 Å². The smallest absolute Gasteiger partial charge is 0.410 e. The maximum atomic E-state index is 11.9. The number of nitrogens with one attached hydrogen (secondary N) is 1. The number of aryl methyl sites for hydroxylation is 1. The zero-order valence-corrected chi connectivity index (χ0v) is 11.0. The average Bonchev–Trinajstić information content (AvgIpc) is 2.58. The molecule has 0 spiro atoms. The number of hydrogen-bond acceptors (Lipinski definition) is 4. The molecule has 0 atom stereocenters. The van der Waals surface area contributed by atoms with Gasteiger partial charge in [-0.25, -0.2) is 9.59 Å². The first kappa shape index (κ1) is 12.6. The highest BCUT2D eigenvalue weighted by molar-refractivity contribution is 5.69. The zero-order chi connectivity index (χ0) is 13.5. The van der Waals surface area contributed by atoms with Gasteiger partial charge in [-0.1, -0.05) is 0 Å². The summed E-state index contributed by atoms with van der Waals surface area (Å²) in [5.41, 5.74) is 1.42. The molecule has 0 aliphatic carbocycles. The Hall–Kier alpha value is -1.85. The summed E-state index contributed by atoms with van der Waals surface area (Å²) in [6.45, 7) is 8.03. The van der Waals surface area contributed by atoms with Gasteiger partial charge in [0.15, 0.2) is 0 Å². The van der Waals surface area contributed by atoms with Crippen molar-refractivity contribution in [3.8, 4) is 0 Å². The number of fused-ring (bicyclic) bond motifs is 1. The van der Waals surface area contributed by atoms with Crippen molar-refractivity contribution < 1.29 is 9.53 Å². The predicted octanol–water partition coefficient (Wildman–Crippen LogP) is 1.33. The summed E-state index contributed by atoms with van der Waals surface area (Å²) in [5, 5.41) is 0. The van der Waals surface area contributed by atoms with Crippen LogP contribution in [0.4, 0.5) is 4.79 Å². The largest absolute Gasteiger partial charge is 0.444 e. The van der Waals surface area contributed by atoms with Crippen molar-refractivity contribution in [2.75, 3.05) is 0 Å². The van der Waals surface area contributed by atoms with E-state index in [0.29, 0.717) is 18.8 Å². The fraction of sp³-hybridized carbons (Fsp3) is 0.583. The number of aromatic nitrogens is 2. The summed E-state index contributed by atoms with van der Waals surface area (Å²) < 4.78 is 5.29. The molecular weight excluding hydrogens is 234 g/mol. The summed E-state index contributed by atoms with van der Waals surface area (Å²) in [7, 11) is 0. The third kappa shape index (κ3) is 2.52. The topological polar surface area (TPSA) is 75.3 Å². The Balaban J connectivity index is 2.18. The fourth-order valence-corrected chi connectivity index (χ4v) is 1.89. The monoisotopic (exact) mass is 251 g/mol. The molecule has 1 aromatic rings. The van der Waals surface area contributed by atoms with Gasteiger partial charge in [0.1, 0.15) is 5.60 Å². The molecule has 6 heteroatoms. The molecule has 2 rings (SSSR count). The molecule has 0 fully saturated rings. The van der Waals surface area contributed by atoms with Crippen LogP contribution in [0.25, 0.3) is 0 Å². The van der Waals surface area contributed by atoms with Crippen molar-refractivity contribution in [2.24, 2.45) is 0 Å². The number of aromatic amines is 1. The van der Waals surface area contributed by atoms with E-state index in [1.165, 1.54) is 0 Å². The number of hydrogen-bond donors (Lipinski definition) is 1. The van der Waals surface area contributed by atoms with Gasteiger partial charge in [-0.3, -0.25) is 4.90 Å². The van der Waals surface area contributed by atoms with Gasteiger partial charge in [0.25, 0.3) is 0 Å². The molecule has 0 radical (unpaired) electrons. The Morgan fingerprint density at radius 2 is 2.06 bits per heavy atom. The number of carbonyl (C=O) groups is 1. The number of nitrogens with zero attached hydrogens (tertiary/aromatic N) is 2. The molecule has 1 aliphatic heterocycles. The molecular formula is C12H17N3O3. The van der Waals surface area contributed by atoms with E-state index < -0.39 is 5.60 Å². The lowest BCUT2D eigenvalue weighted by Gasteiger charge is -2.23. The van der Waals surface area contributed by atoms with Crippen LogP contribution in [0.15, 0.2) is 4.79 Å². The van der Waals surface area contributed by atoms with Crippen LogP contribution >= 0.6 is 0 Å². The minimum Gasteiger partial charge on any atom is -0.444 e. The van der Waals surface area contributed by atoms with Crippen molar-refractivity contribution in [1.82, 2.24) is 14.9 Å². The van der Waals surface area contributed by atoms with E-state index >= 15 is 0 Å². The number of carbonyl (C=O) groups excluding carboxylic acids is 1. The molecule has 1 aromatic heterocycles. The molecule has 1 amide bonds. The summed E-state index contributed by atoms with van der Waals surface area (Å²) in [6.07, 6.45) is -0.382. The van der Waals surface area contributed by atoms with Crippen molar-refractivity contribution in [3.63, 3.8) is 0 Å². The highest BCUT2D eigenvalue weighted by atomic mass is 16.6. The van der Waals surface area contributed by atoms with Gasteiger partial charge in [0.2, 0.25) is 0 Å². The number of amides is 1. The van der Waals surface area contributed by atoms with Crippen molar-refractivity contribution in [2.45, 2.75) is 46.4 Å². The molecule has 18 heavy (non-hydrogen) atoms. The Morgan fingerprint density at radius 3 is 2.67 bits per heavy atom. The van der Waals surface area contributed by atoms with Gasteiger partial charge >= 0.3 is 11.8 Å². The van der Waals surface area contributed by atoms with Gasteiger partial charge in [-0.05, 0) is 27.7 Å². The van der Waals surface area contributed by atoms with Crippen LogP contribution < -0.4 is 5.69 Å². The van der Waals surface area contributed by atoms with Crippen LogP contribution in [0.5, 0.6) is 0 Å². The second-order valence-corrected chi connectivity index (χ2v) is 5.43. The molecule has 1 N–H and O–H groups in total. The first-order valence-corrected chi connectivity index (χ1v) is 5.83. The Morgan fingerprint density at radius 1 is 1.39 bits per heavy atom. The Kier molecular flexibility index (Phi) is 2.88. The molecule has 2 heterocycles. The van der Waals surface area contributed by atoms with Gasteiger partial charge < -0.3 is 9.72 Å². The van der Waals surface area contributed by atoms with Crippen LogP contribution in [0.1, 0.15) is 37.7 Å². The third-order valence-electron chi connectivity index (χ3n) is 2.67. The number of rotatable bonds is 0. The number of ether oxygens (including phenoxy) is 1. The fourth-order valence-electron chi connectivity index (χ4n) is 1.89. The molecule has 98 valence electrons. The Bertz CT molecular complexity index is 542. The molecule has 6 nitrogen and oxygen atoms in total. The Labute approximate surface area is 105 Å². The van der Waals surface area contributed by atoms with E-state index in [-0.39, 0.29) is 11.8 Å². The van der Waals surface area contributed by atoms with Gasteiger partial charge in [-0.15, -0.1) is 0 Å². The molecule has 0 bridgehead atoms. The second kappa shape index (κ2) is 4.12. The molecule has 0 unspecified atom stereocenters. The van der Waals surface area contributed by atoms with Gasteiger partial charge in [0, 0.05) is 11.3 Å². The number of H-pyrrole nitrogens is 1. The minimum atomic E-state index is -0.524. The first-order chi connectivity index (χ1) is 8.26. The highest BCUT2D eigenvalue weighted by Gasteiger charge is 2.29. The second-order valence-electron chi connectivity index (χ2n) is 5.43. The van der Waals surface area contributed by atoms with E-state index in [2.05, 4.69) is 9.97 Å². The van der Waals surface area contributed by atoms with Gasteiger partial charge in [0.05, 0.1) is 18.8 Å². The average molecular weight is 251 g/mol. The SMILES string of the molecule is Cc1[nH]c(=O)nc2c1CN(C(=O)OC(C)(C)C)C2. The first-order valence-electron chi connectivity index (χ1n) is 5.83. The van der Waals surface area contributed by atoms with Crippen molar-refractivity contribution in [3.05, 3.63) is 27.4 Å². The maximum absolute atomic E-state index is 11.9. The lowest BCUT2D eigenvalue weighted by atomic mass is 10.2. The van der Waals surface area contributed by atoms with E-state index in [1.54, 1.807) is 11.8 Å². The maximum Gasteiger partial charge on any atom is 0.410 e. The van der Waals surface area contributed by atoms with E-state index in [4.69, 9.17) is 4.74 Å². The lowest BCUT2D eigenvalue weighted by molar-refractivity contribution is 0.0240. The molecule has 0 saturated heterocycles. The normalized spacial score (nSPS) is 14.6. The molecule has 1 aliphatic rings. The predicted molar refractivity (Wildman–Crippen MR) is 65.1 cm³/mol. The van der Waals surface area contributed by atoms with Crippen LogP contribution in [0.2, 0.25) is 0 Å². The van der Waals surface area contributed by atoms with Crippen molar-refractivity contribution >= 4 is 6.09 Å².